The van der Waals surface area contributed by atoms with Crippen molar-refractivity contribution < 1.29 is 19.2 Å². The number of aromatic nitrogens is 2. The highest BCUT2D eigenvalue weighted by atomic mass is 16.6. The minimum Gasteiger partial charge on any atom is -0.461 e. The molecule has 2 N–H and O–H groups in total. The number of para-hydroxylation sites is 2. The molecule has 4 fully saturated rings. The van der Waals surface area contributed by atoms with E-state index in [4.69, 9.17) is 15.3 Å². The summed E-state index contributed by atoms with van der Waals surface area (Å²) >= 11 is 0. The summed E-state index contributed by atoms with van der Waals surface area (Å²) in [5.41, 5.74) is 5.62. The molecule has 2 aliphatic heterocycles. The van der Waals surface area contributed by atoms with Crippen LogP contribution >= 0.6 is 0 Å². The average Bonchev–Trinajstić information content (AvgIpc) is 3.15. The van der Waals surface area contributed by atoms with E-state index in [9.17, 15) is 14.4 Å². The fraction of sp³-hybridized carbons (Fsp3) is 0.633. The van der Waals surface area contributed by atoms with Gasteiger partial charge in [-0.15, -0.1) is 0 Å². The molecule has 5 atom stereocenters. The summed E-state index contributed by atoms with van der Waals surface area (Å²) in [4.78, 5) is 50.8. The molecule has 10 heteroatoms. The number of esters is 1. The zero-order valence-electron chi connectivity index (χ0n) is 23.2. The number of amides is 1. The van der Waals surface area contributed by atoms with E-state index < -0.39 is 24.0 Å². The van der Waals surface area contributed by atoms with Crippen LogP contribution < -0.4 is 11.3 Å². The summed E-state index contributed by atoms with van der Waals surface area (Å²) in [7, 11) is 0. The van der Waals surface area contributed by atoms with Gasteiger partial charge in [-0.3, -0.25) is 14.5 Å². The number of ether oxygens (including phenoxy) is 1. The van der Waals surface area contributed by atoms with E-state index in [0.29, 0.717) is 17.6 Å². The second kappa shape index (κ2) is 11.3. The maximum Gasteiger partial charge on any atom is 0.362 e. The molecule has 214 valence electrons. The Hall–Kier alpha value is -3.27. The lowest BCUT2D eigenvalue weighted by Crippen LogP contribution is -2.51. The number of benzene rings is 1. The standard InChI is InChI=1S/C30H39N5O5/c1-2-39-30(38)28(33-40-17-26(31)36)27-29(37)35(23-11-4-3-10-22(23)32-27)25-16-20-9-6-12-24(25)34(20)21-14-18-7-5-8-19(13-18)15-21/h3-4,10-11,18-21,24-25H,2,5-9,12-17H2,1H3,(H2,31,36)/b33-28-/t18?,19?,20-,21?,24+,25+/m0/s1. The molecular formula is C30H39N5O5. The van der Waals surface area contributed by atoms with E-state index in [0.717, 1.165) is 43.0 Å². The number of carbonyl (C=O) groups is 2. The summed E-state index contributed by atoms with van der Waals surface area (Å²) in [6.07, 6.45) is 12.2. The van der Waals surface area contributed by atoms with Gasteiger partial charge in [-0.2, -0.15) is 0 Å². The first-order valence-electron chi connectivity index (χ1n) is 14.9. The lowest BCUT2D eigenvalue weighted by atomic mass is 9.69. The van der Waals surface area contributed by atoms with Gasteiger partial charge in [-0.05, 0) is 69.4 Å². The Morgan fingerprint density at radius 2 is 1.75 bits per heavy atom. The van der Waals surface area contributed by atoms with Crippen LogP contribution in [-0.2, 0) is 19.2 Å². The second-order valence-electron chi connectivity index (χ2n) is 12.0. The van der Waals surface area contributed by atoms with Crippen molar-refractivity contribution in [3.63, 3.8) is 0 Å². The lowest BCUT2D eigenvalue weighted by Gasteiger charge is -2.48. The van der Waals surface area contributed by atoms with Crippen LogP contribution in [0.1, 0.15) is 82.9 Å². The van der Waals surface area contributed by atoms with Crippen molar-refractivity contribution in [1.82, 2.24) is 14.5 Å². The fourth-order valence-electron chi connectivity index (χ4n) is 8.16. The topological polar surface area (TPSA) is 129 Å². The number of piperidine rings is 1. The third kappa shape index (κ3) is 5.02. The van der Waals surface area contributed by atoms with Gasteiger partial charge in [-0.25, -0.2) is 9.78 Å². The molecule has 2 saturated carbocycles. The SMILES string of the molecule is CCOC(=O)/C(=N\OCC(N)=O)c1nc2ccccc2n([C@@H]2C[C@@H]3CCC[C@H]2N3C2CC3CCCC(C3)C2)c1=O. The second-order valence-corrected chi connectivity index (χ2v) is 12.0. The Bertz CT molecular complexity index is 1360. The predicted octanol–water partition coefficient (Wildman–Crippen LogP) is 3.30. The number of hydrogen-bond acceptors (Lipinski definition) is 8. The number of carbonyl (C=O) groups excluding carboxylic acids is 2. The third-order valence-corrected chi connectivity index (χ3v) is 9.51. The normalized spacial score (nSPS) is 30.3. The Labute approximate surface area is 233 Å². The molecule has 2 aromatic rings. The Balaban J connectivity index is 1.42. The molecule has 4 bridgehead atoms. The van der Waals surface area contributed by atoms with Gasteiger partial charge >= 0.3 is 5.97 Å². The highest BCUT2D eigenvalue weighted by Crippen LogP contribution is 2.49. The number of primary amides is 1. The van der Waals surface area contributed by atoms with Gasteiger partial charge in [0.05, 0.1) is 23.7 Å². The summed E-state index contributed by atoms with van der Waals surface area (Å²) in [5.74, 6) is 0.0779. The third-order valence-electron chi connectivity index (χ3n) is 9.51. The number of rotatable bonds is 8. The number of nitrogens with two attached hydrogens (primary N) is 1. The molecular weight excluding hydrogens is 510 g/mol. The molecule has 0 radical (unpaired) electrons. The summed E-state index contributed by atoms with van der Waals surface area (Å²) in [6.45, 7) is 1.22. The fourth-order valence-corrected chi connectivity index (χ4v) is 8.16. The molecule has 40 heavy (non-hydrogen) atoms. The van der Waals surface area contributed by atoms with Crippen molar-refractivity contribution in [2.75, 3.05) is 13.2 Å². The van der Waals surface area contributed by atoms with Gasteiger partial charge in [0.15, 0.2) is 12.3 Å². The first kappa shape index (κ1) is 26.9. The van der Waals surface area contributed by atoms with Gasteiger partial charge in [0.25, 0.3) is 11.5 Å². The van der Waals surface area contributed by atoms with Crippen molar-refractivity contribution in [3.05, 3.63) is 40.3 Å². The molecule has 0 spiro atoms. The maximum absolute atomic E-state index is 14.3. The number of nitrogens with zero attached hydrogens (tertiary/aromatic N) is 4. The van der Waals surface area contributed by atoms with Crippen LogP contribution in [0.4, 0.5) is 0 Å². The van der Waals surface area contributed by atoms with E-state index in [2.05, 4.69) is 15.0 Å². The van der Waals surface area contributed by atoms with Crippen LogP contribution in [-0.4, -0.2) is 63.4 Å². The van der Waals surface area contributed by atoms with Crippen LogP contribution in [0.15, 0.2) is 34.2 Å². The van der Waals surface area contributed by atoms with E-state index in [1.165, 1.54) is 38.5 Å². The first-order valence-corrected chi connectivity index (χ1v) is 14.9. The number of hydrogen-bond donors (Lipinski definition) is 1. The van der Waals surface area contributed by atoms with E-state index in [1.54, 1.807) is 6.92 Å². The quantitative estimate of drug-likeness (QED) is 0.304. The zero-order chi connectivity index (χ0) is 27.8. The first-order chi connectivity index (χ1) is 19.4. The van der Waals surface area contributed by atoms with Gasteiger partial charge in [0, 0.05) is 18.1 Å². The van der Waals surface area contributed by atoms with Gasteiger partial charge < -0.3 is 19.9 Å². The van der Waals surface area contributed by atoms with Crippen molar-refractivity contribution in [1.29, 1.82) is 0 Å². The van der Waals surface area contributed by atoms with Crippen LogP contribution in [0.5, 0.6) is 0 Å². The zero-order valence-corrected chi connectivity index (χ0v) is 23.2. The molecule has 1 aromatic heterocycles. The molecule has 3 heterocycles. The van der Waals surface area contributed by atoms with Gasteiger partial charge in [-0.1, -0.05) is 43.0 Å². The number of fused-ring (bicyclic) bond motifs is 5. The highest BCUT2D eigenvalue weighted by molar-refractivity contribution is 6.42. The molecule has 6 rings (SSSR count). The minimum atomic E-state index is -0.834. The van der Waals surface area contributed by atoms with Crippen molar-refractivity contribution in [2.45, 2.75) is 95.3 Å². The smallest absolute Gasteiger partial charge is 0.362 e. The maximum atomic E-state index is 14.3. The van der Waals surface area contributed by atoms with Gasteiger partial charge in [0.2, 0.25) is 5.71 Å². The number of oxime groups is 1. The van der Waals surface area contributed by atoms with Gasteiger partial charge in [0.1, 0.15) is 0 Å². The molecule has 2 saturated heterocycles. The minimum absolute atomic E-state index is 0.0385. The van der Waals surface area contributed by atoms with Crippen molar-refractivity contribution in [2.24, 2.45) is 22.7 Å². The van der Waals surface area contributed by atoms with Crippen LogP contribution in [0, 0.1) is 11.8 Å². The Morgan fingerprint density at radius 1 is 1.00 bits per heavy atom. The summed E-state index contributed by atoms with van der Waals surface area (Å²) in [6, 6.07) is 8.78. The van der Waals surface area contributed by atoms with Crippen LogP contribution in [0.25, 0.3) is 11.0 Å². The van der Waals surface area contributed by atoms with Crippen LogP contribution in [0.3, 0.4) is 0 Å². The largest absolute Gasteiger partial charge is 0.461 e. The van der Waals surface area contributed by atoms with Crippen molar-refractivity contribution in [3.8, 4) is 0 Å². The van der Waals surface area contributed by atoms with Crippen LogP contribution in [0.2, 0.25) is 0 Å². The molecule has 2 unspecified atom stereocenters. The average molecular weight is 550 g/mol. The predicted molar refractivity (Wildman–Crippen MR) is 150 cm³/mol. The summed E-state index contributed by atoms with van der Waals surface area (Å²) < 4.78 is 7.04. The van der Waals surface area contributed by atoms with Crippen molar-refractivity contribution >= 4 is 28.6 Å². The Morgan fingerprint density at radius 3 is 2.50 bits per heavy atom. The molecule has 4 aliphatic rings. The van der Waals surface area contributed by atoms with E-state index >= 15 is 0 Å². The monoisotopic (exact) mass is 549 g/mol. The lowest BCUT2D eigenvalue weighted by molar-refractivity contribution is -0.135. The van der Waals surface area contributed by atoms with E-state index in [-0.39, 0.29) is 30.1 Å². The highest BCUT2D eigenvalue weighted by Gasteiger charge is 2.49. The summed E-state index contributed by atoms with van der Waals surface area (Å²) in [5, 5.41) is 3.83. The molecule has 1 amide bonds. The molecule has 1 aromatic carbocycles. The Kier molecular flexibility index (Phi) is 7.61. The van der Waals surface area contributed by atoms with E-state index in [1.807, 2.05) is 28.8 Å². The molecule has 10 nitrogen and oxygen atoms in total. The molecule has 2 aliphatic carbocycles.